The molecule has 2 atom stereocenters. The first-order chi connectivity index (χ1) is 16.9. The Morgan fingerprint density at radius 1 is 0.971 bits per heavy atom. The molecule has 8 nitrogen and oxygen atoms in total. The van der Waals surface area contributed by atoms with Gasteiger partial charge in [-0.25, -0.2) is 9.59 Å². The van der Waals surface area contributed by atoms with Gasteiger partial charge in [-0.1, -0.05) is 56.3 Å². The lowest BCUT2D eigenvalue weighted by Gasteiger charge is -2.42. The van der Waals surface area contributed by atoms with E-state index < -0.39 is 11.9 Å². The summed E-state index contributed by atoms with van der Waals surface area (Å²) < 4.78 is 12.3. The van der Waals surface area contributed by atoms with Crippen molar-refractivity contribution in [3.05, 3.63) is 60.2 Å². The molecule has 0 saturated carbocycles. The first kappa shape index (κ1) is 26.5. The van der Waals surface area contributed by atoms with Gasteiger partial charge in [0.2, 0.25) is 0 Å². The number of hydrogen-bond acceptors (Lipinski definition) is 6. The van der Waals surface area contributed by atoms with Gasteiger partial charge in [-0.05, 0) is 49.5 Å². The molecule has 2 heterocycles. The number of fused-ring (bicyclic) bond motifs is 1. The summed E-state index contributed by atoms with van der Waals surface area (Å²) in [5, 5.41) is 14.8. The summed E-state index contributed by atoms with van der Waals surface area (Å²) in [5.74, 6) is -2.09. The van der Waals surface area contributed by atoms with Crippen LogP contribution in [0.5, 0.6) is 5.75 Å². The number of para-hydroxylation sites is 2. The van der Waals surface area contributed by atoms with Crippen LogP contribution < -0.4 is 9.64 Å². The minimum atomic E-state index is -1.82. The number of carbonyl (C=O) groups is 2. The number of ether oxygens (including phenoxy) is 2. The molecule has 2 unspecified atom stereocenters. The van der Waals surface area contributed by atoms with Gasteiger partial charge in [0.25, 0.3) is 0 Å². The lowest BCUT2D eigenvalue weighted by molar-refractivity contribution is -0.159. The van der Waals surface area contributed by atoms with Crippen LogP contribution in [0.1, 0.15) is 38.3 Å². The molecule has 0 bridgehead atoms. The van der Waals surface area contributed by atoms with E-state index in [0.717, 1.165) is 25.5 Å². The zero-order valence-electron chi connectivity index (χ0n) is 20.5. The number of nitrogens with zero attached hydrogens (tertiary/aromatic N) is 2. The molecule has 0 spiro atoms. The monoisotopic (exact) mass is 484 g/mol. The van der Waals surface area contributed by atoms with Crippen molar-refractivity contribution in [2.75, 3.05) is 44.4 Å². The molecule has 2 aliphatic rings. The van der Waals surface area contributed by atoms with Crippen molar-refractivity contribution >= 4 is 17.6 Å². The van der Waals surface area contributed by atoms with Crippen LogP contribution in [0.4, 0.5) is 5.69 Å². The fourth-order valence-corrected chi connectivity index (χ4v) is 4.47. The maximum atomic E-state index is 9.10. The highest BCUT2D eigenvalue weighted by Gasteiger charge is 2.33. The van der Waals surface area contributed by atoms with Crippen LogP contribution in [-0.4, -0.2) is 72.5 Å². The van der Waals surface area contributed by atoms with Crippen molar-refractivity contribution in [3.8, 4) is 5.75 Å². The smallest absolute Gasteiger partial charge is 0.414 e. The molecule has 190 valence electrons. The second kappa shape index (κ2) is 13.1. The average molecular weight is 485 g/mol. The standard InChI is InChI=1S/C25H34N2O2.C2H2O4/c1-20(2)17-28-18-22(26-14-8-9-15-26)16-27-23-12-6-7-13-25(23)29-19-24(27)21-10-4-3-5-11-21;3-1(4)2(5)6/h3-7,10-13,20,22,24H,8-9,14-19H2,1-2H3;(H,3,4)(H,5,6). The minimum Gasteiger partial charge on any atom is -0.489 e. The Bertz CT molecular complexity index is 934. The second-order valence-corrected chi connectivity index (χ2v) is 9.30. The number of likely N-dealkylation sites (tertiary alicyclic amines) is 1. The fourth-order valence-electron chi connectivity index (χ4n) is 4.47. The summed E-state index contributed by atoms with van der Waals surface area (Å²) in [7, 11) is 0. The fraction of sp³-hybridized carbons (Fsp3) is 0.481. The van der Waals surface area contributed by atoms with Crippen molar-refractivity contribution in [1.82, 2.24) is 4.90 Å². The summed E-state index contributed by atoms with van der Waals surface area (Å²) in [6.45, 7) is 10.0. The van der Waals surface area contributed by atoms with Gasteiger partial charge < -0.3 is 24.6 Å². The molecule has 0 amide bonds. The molecule has 8 heteroatoms. The maximum absolute atomic E-state index is 9.10. The van der Waals surface area contributed by atoms with Crippen molar-refractivity contribution in [2.24, 2.45) is 5.92 Å². The van der Waals surface area contributed by atoms with Gasteiger partial charge in [-0.15, -0.1) is 0 Å². The third kappa shape index (κ3) is 7.70. The lowest BCUT2D eigenvalue weighted by Crippen LogP contribution is -2.49. The highest BCUT2D eigenvalue weighted by atomic mass is 16.5. The highest BCUT2D eigenvalue weighted by molar-refractivity contribution is 6.27. The first-order valence-corrected chi connectivity index (χ1v) is 12.2. The van der Waals surface area contributed by atoms with Gasteiger partial charge >= 0.3 is 11.9 Å². The summed E-state index contributed by atoms with van der Waals surface area (Å²) >= 11 is 0. The number of rotatable bonds is 8. The summed E-state index contributed by atoms with van der Waals surface area (Å²) in [4.78, 5) is 23.4. The van der Waals surface area contributed by atoms with Gasteiger partial charge in [0.15, 0.2) is 0 Å². The third-order valence-electron chi connectivity index (χ3n) is 6.14. The van der Waals surface area contributed by atoms with Gasteiger partial charge in [0.1, 0.15) is 12.4 Å². The Kier molecular flexibility index (Phi) is 9.93. The quantitative estimate of drug-likeness (QED) is 0.544. The van der Waals surface area contributed by atoms with Crippen LogP contribution in [0, 0.1) is 5.92 Å². The highest BCUT2D eigenvalue weighted by Crippen LogP contribution is 2.39. The molecule has 35 heavy (non-hydrogen) atoms. The molecular weight excluding hydrogens is 448 g/mol. The van der Waals surface area contributed by atoms with E-state index in [1.54, 1.807) is 0 Å². The molecule has 2 aromatic carbocycles. The largest absolute Gasteiger partial charge is 0.489 e. The number of anilines is 1. The van der Waals surface area contributed by atoms with Crippen LogP contribution >= 0.6 is 0 Å². The Balaban J connectivity index is 0.000000509. The Hall–Kier alpha value is -3.10. The Labute approximate surface area is 207 Å². The molecule has 4 rings (SSSR count). The van der Waals surface area contributed by atoms with Crippen LogP contribution in [0.15, 0.2) is 54.6 Å². The van der Waals surface area contributed by atoms with E-state index in [4.69, 9.17) is 29.3 Å². The van der Waals surface area contributed by atoms with E-state index in [1.165, 1.54) is 37.2 Å². The van der Waals surface area contributed by atoms with Crippen LogP contribution in [0.3, 0.4) is 0 Å². The van der Waals surface area contributed by atoms with Crippen LogP contribution in [-0.2, 0) is 14.3 Å². The van der Waals surface area contributed by atoms with E-state index in [0.29, 0.717) is 18.6 Å². The molecule has 2 N–H and O–H groups in total. The van der Waals surface area contributed by atoms with E-state index in [1.807, 2.05) is 0 Å². The van der Waals surface area contributed by atoms with Gasteiger partial charge in [0, 0.05) is 13.2 Å². The predicted molar refractivity (Wildman–Crippen MR) is 134 cm³/mol. The second-order valence-electron chi connectivity index (χ2n) is 9.30. The average Bonchev–Trinajstić information content (AvgIpc) is 3.39. The van der Waals surface area contributed by atoms with E-state index in [2.05, 4.69) is 78.2 Å². The molecule has 2 aliphatic heterocycles. The SMILES string of the molecule is CC(C)COCC(CN1c2ccccc2OCC1c1ccccc1)N1CCCC1.O=C(O)C(=O)O. The number of hydrogen-bond donors (Lipinski definition) is 2. The molecule has 2 aromatic rings. The van der Waals surface area contributed by atoms with Crippen LogP contribution in [0.25, 0.3) is 0 Å². The summed E-state index contributed by atoms with van der Waals surface area (Å²) in [5.41, 5.74) is 2.51. The zero-order valence-corrected chi connectivity index (χ0v) is 20.5. The van der Waals surface area contributed by atoms with Crippen molar-refractivity contribution in [1.29, 1.82) is 0 Å². The van der Waals surface area contributed by atoms with Crippen molar-refractivity contribution in [3.63, 3.8) is 0 Å². The molecule has 0 aliphatic carbocycles. The molecule has 1 saturated heterocycles. The van der Waals surface area contributed by atoms with E-state index >= 15 is 0 Å². The van der Waals surface area contributed by atoms with Crippen molar-refractivity contribution < 1.29 is 29.3 Å². The molecule has 0 radical (unpaired) electrons. The normalized spacial score (nSPS) is 18.3. The van der Waals surface area contributed by atoms with Gasteiger partial charge in [-0.3, -0.25) is 4.90 Å². The molecule has 0 aromatic heterocycles. The summed E-state index contributed by atoms with van der Waals surface area (Å²) in [6, 6.07) is 19.8. The third-order valence-corrected chi connectivity index (χ3v) is 6.14. The van der Waals surface area contributed by atoms with Gasteiger partial charge in [-0.2, -0.15) is 0 Å². The minimum absolute atomic E-state index is 0.223. The maximum Gasteiger partial charge on any atom is 0.414 e. The molecule has 1 fully saturated rings. The predicted octanol–water partition coefficient (Wildman–Crippen LogP) is 3.92. The Morgan fingerprint density at radius 3 is 2.23 bits per heavy atom. The molecular formula is C27H36N2O6. The van der Waals surface area contributed by atoms with Crippen LogP contribution in [0.2, 0.25) is 0 Å². The van der Waals surface area contributed by atoms with Crippen molar-refractivity contribution in [2.45, 2.75) is 38.8 Å². The van der Waals surface area contributed by atoms with E-state index in [-0.39, 0.29) is 6.04 Å². The number of aliphatic carboxylic acids is 2. The zero-order chi connectivity index (χ0) is 25.2. The first-order valence-electron chi connectivity index (χ1n) is 12.2. The number of benzene rings is 2. The lowest BCUT2D eigenvalue weighted by atomic mass is 10.0. The summed E-state index contributed by atoms with van der Waals surface area (Å²) in [6.07, 6.45) is 2.59. The number of carboxylic acid groups (broad SMARTS) is 2. The number of carboxylic acids is 2. The topological polar surface area (TPSA) is 99.5 Å². The van der Waals surface area contributed by atoms with E-state index in [9.17, 15) is 0 Å². The Morgan fingerprint density at radius 2 is 1.60 bits per heavy atom. The van der Waals surface area contributed by atoms with Gasteiger partial charge in [0.05, 0.1) is 24.4 Å².